The molecular formula is C19H24N2O4. The number of nitrogens with zero attached hydrogens (tertiary/aromatic N) is 1. The van der Waals surface area contributed by atoms with Gasteiger partial charge in [-0.15, -0.1) is 0 Å². The Morgan fingerprint density at radius 2 is 1.96 bits per heavy atom. The summed E-state index contributed by atoms with van der Waals surface area (Å²) in [5.74, 6) is -0.861. The quantitative estimate of drug-likeness (QED) is 0.732. The van der Waals surface area contributed by atoms with Crippen molar-refractivity contribution in [2.75, 3.05) is 6.61 Å². The summed E-state index contributed by atoms with van der Waals surface area (Å²) >= 11 is 0. The molecule has 1 N–H and O–H groups in total. The number of nitriles is 1. The molecule has 1 aromatic carbocycles. The topological polar surface area (TPSA) is 88.4 Å². The summed E-state index contributed by atoms with van der Waals surface area (Å²) in [6, 6.07) is 9.00. The van der Waals surface area contributed by atoms with Crippen LogP contribution in [0.25, 0.3) is 0 Å². The molecule has 0 saturated heterocycles. The molecule has 1 aliphatic rings. The first-order valence-electron chi connectivity index (χ1n) is 8.44. The van der Waals surface area contributed by atoms with Gasteiger partial charge in [-0.3, -0.25) is 4.79 Å². The van der Waals surface area contributed by atoms with Crippen LogP contribution in [-0.4, -0.2) is 30.1 Å². The Balaban J connectivity index is 1.81. The van der Waals surface area contributed by atoms with E-state index in [1.54, 1.807) is 31.2 Å². The summed E-state index contributed by atoms with van der Waals surface area (Å²) < 4.78 is 10.5. The van der Waals surface area contributed by atoms with Gasteiger partial charge in [-0.1, -0.05) is 12.1 Å². The summed E-state index contributed by atoms with van der Waals surface area (Å²) in [5, 5.41) is 11.9. The van der Waals surface area contributed by atoms with Crippen LogP contribution in [0.3, 0.4) is 0 Å². The number of esters is 1. The summed E-state index contributed by atoms with van der Waals surface area (Å²) in [7, 11) is 0. The molecule has 1 saturated carbocycles. The average Bonchev–Trinajstić information content (AvgIpc) is 3.43. The molecule has 6 nitrogen and oxygen atoms in total. The van der Waals surface area contributed by atoms with Gasteiger partial charge < -0.3 is 14.8 Å². The van der Waals surface area contributed by atoms with Crippen molar-refractivity contribution < 1.29 is 19.1 Å². The minimum absolute atomic E-state index is 0.137. The van der Waals surface area contributed by atoms with Crippen molar-refractivity contribution in [3.63, 3.8) is 0 Å². The molecule has 6 heteroatoms. The molecule has 0 aromatic heterocycles. The highest BCUT2D eigenvalue weighted by molar-refractivity contribution is 5.91. The van der Waals surface area contributed by atoms with E-state index in [2.05, 4.69) is 11.4 Å². The van der Waals surface area contributed by atoms with E-state index in [9.17, 15) is 14.9 Å². The highest BCUT2D eigenvalue weighted by Gasteiger charge is 2.43. The highest BCUT2D eigenvalue weighted by atomic mass is 16.5. The van der Waals surface area contributed by atoms with Gasteiger partial charge >= 0.3 is 5.97 Å². The molecule has 2 rings (SSSR count). The molecular weight excluding hydrogens is 320 g/mol. The minimum atomic E-state index is -0.887. The Labute approximate surface area is 148 Å². The van der Waals surface area contributed by atoms with Crippen LogP contribution in [0, 0.1) is 17.2 Å². The Hall–Kier alpha value is -2.39. The zero-order valence-electron chi connectivity index (χ0n) is 14.9. The second-order valence-corrected chi connectivity index (χ2v) is 6.77. The zero-order chi connectivity index (χ0) is 18.4. The van der Waals surface area contributed by atoms with E-state index >= 15 is 0 Å². The van der Waals surface area contributed by atoms with Gasteiger partial charge in [-0.2, -0.15) is 5.26 Å². The van der Waals surface area contributed by atoms with Crippen molar-refractivity contribution in [3.05, 3.63) is 35.4 Å². The van der Waals surface area contributed by atoms with E-state index < -0.39 is 24.0 Å². The van der Waals surface area contributed by atoms with Gasteiger partial charge in [0.05, 0.1) is 24.3 Å². The maximum absolute atomic E-state index is 12.0. The summed E-state index contributed by atoms with van der Waals surface area (Å²) in [5.41, 5.74) is 0.435. The van der Waals surface area contributed by atoms with Crippen molar-refractivity contribution >= 4 is 11.9 Å². The fourth-order valence-corrected chi connectivity index (χ4v) is 2.42. The lowest BCUT2D eigenvalue weighted by Crippen LogP contribution is -2.48. The number of nitrogens with one attached hydrogen (secondary N) is 1. The Kier molecular flexibility index (Phi) is 6.16. The molecule has 1 fully saturated rings. The van der Waals surface area contributed by atoms with Gasteiger partial charge in [0.2, 0.25) is 0 Å². The van der Waals surface area contributed by atoms with Crippen LogP contribution in [0.15, 0.2) is 24.3 Å². The number of benzene rings is 1. The van der Waals surface area contributed by atoms with Gasteiger partial charge in [-0.25, -0.2) is 4.79 Å². The molecule has 0 aliphatic heterocycles. The van der Waals surface area contributed by atoms with E-state index in [4.69, 9.17) is 9.47 Å². The second-order valence-electron chi connectivity index (χ2n) is 6.77. The lowest BCUT2D eigenvalue weighted by atomic mass is 9.98. The summed E-state index contributed by atoms with van der Waals surface area (Å²) in [6.07, 6.45) is 1.99. The van der Waals surface area contributed by atoms with E-state index in [1.807, 2.05) is 13.8 Å². The van der Waals surface area contributed by atoms with Crippen LogP contribution in [-0.2, 0) is 20.9 Å². The molecule has 0 unspecified atom stereocenters. The summed E-state index contributed by atoms with van der Waals surface area (Å²) in [4.78, 5) is 23.9. The maximum Gasteiger partial charge on any atom is 0.338 e. The van der Waals surface area contributed by atoms with Crippen molar-refractivity contribution in [2.45, 2.75) is 51.9 Å². The number of carbonyl (C=O) groups is 2. The van der Waals surface area contributed by atoms with Gasteiger partial charge in [-0.05, 0) is 57.2 Å². The molecule has 134 valence electrons. The molecule has 1 amide bonds. The van der Waals surface area contributed by atoms with E-state index in [0.717, 1.165) is 18.4 Å². The molecule has 1 atom stereocenters. The SMILES string of the molecule is CC(C)OCc1ccc(C(=O)OCC(=O)N[C@@](C)(C#N)C2CC2)cc1. The molecule has 0 bridgehead atoms. The Morgan fingerprint density at radius 3 is 2.48 bits per heavy atom. The van der Waals surface area contributed by atoms with Crippen LogP contribution in [0.5, 0.6) is 0 Å². The first kappa shape index (κ1) is 18.9. The molecule has 0 spiro atoms. The predicted molar refractivity (Wildman–Crippen MR) is 91.5 cm³/mol. The number of hydrogen-bond acceptors (Lipinski definition) is 5. The first-order valence-corrected chi connectivity index (χ1v) is 8.44. The molecule has 0 radical (unpaired) electrons. The van der Waals surface area contributed by atoms with Crippen molar-refractivity contribution in [2.24, 2.45) is 5.92 Å². The van der Waals surface area contributed by atoms with Crippen LogP contribution in [0.1, 0.15) is 49.5 Å². The molecule has 1 aromatic rings. The zero-order valence-corrected chi connectivity index (χ0v) is 14.9. The lowest BCUT2D eigenvalue weighted by molar-refractivity contribution is -0.125. The normalized spacial score (nSPS) is 16.0. The predicted octanol–water partition coefficient (Wildman–Crippen LogP) is 2.58. The van der Waals surface area contributed by atoms with Gasteiger partial charge in [0.1, 0.15) is 5.54 Å². The summed E-state index contributed by atoms with van der Waals surface area (Å²) in [6.45, 7) is 5.68. The second kappa shape index (κ2) is 8.13. The van der Waals surface area contributed by atoms with Crippen molar-refractivity contribution in [3.8, 4) is 6.07 Å². The van der Waals surface area contributed by atoms with Crippen LogP contribution in [0.2, 0.25) is 0 Å². The first-order chi connectivity index (χ1) is 11.8. The number of ether oxygens (including phenoxy) is 2. The standard InChI is InChI=1S/C19H24N2O4/c1-13(2)24-10-14-4-6-15(7-5-14)18(23)25-11-17(22)21-19(3,12-20)16-8-9-16/h4-7,13,16H,8-11H2,1-3H3,(H,21,22)/t19-/m0/s1. The van der Waals surface area contributed by atoms with Crippen molar-refractivity contribution in [1.82, 2.24) is 5.32 Å². The van der Waals surface area contributed by atoms with E-state index in [1.165, 1.54) is 0 Å². The average molecular weight is 344 g/mol. The highest BCUT2D eigenvalue weighted by Crippen LogP contribution is 2.39. The van der Waals surface area contributed by atoms with E-state index in [0.29, 0.717) is 12.2 Å². The van der Waals surface area contributed by atoms with Gasteiger partial charge in [0.15, 0.2) is 6.61 Å². The third kappa shape index (κ3) is 5.57. The Morgan fingerprint density at radius 1 is 1.32 bits per heavy atom. The minimum Gasteiger partial charge on any atom is -0.452 e. The monoisotopic (exact) mass is 344 g/mol. The Bertz CT molecular complexity index is 659. The lowest BCUT2D eigenvalue weighted by Gasteiger charge is -2.22. The number of hydrogen-bond donors (Lipinski definition) is 1. The smallest absolute Gasteiger partial charge is 0.338 e. The third-order valence-electron chi connectivity index (χ3n) is 4.13. The largest absolute Gasteiger partial charge is 0.452 e. The van der Waals surface area contributed by atoms with Gasteiger partial charge in [0, 0.05) is 0 Å². The maximum atomic E-state index is 12.0. The fourth-order valence-electron chi connectivity index (χ4n) is 2.42. The van der Waals surface area contributed by atoms with Crippen molar-refractivity contribution in [1.29, 1.82) is 5.26 Å². The molecule has 25 heavy (non-hydrogen) atoms. The number of amides is 1. The van der Waals surface area contributed by atoms with Gasteiger partial charge in [0.25, 0.3) is 5.91 Å². The number of rotatable bonds is 8. The third-order valence-corrected chi connectivity index (χ3v) is 4.13. The number of carbonyl (C=O) groups excluding carboxylic acids is 2. The molecule has 1 aliphatic carbocycles. The van der Waals surface area contributed by atoms with Crippen LogP contribution in [0.4, 0.5) is 0 Å². The molecule has 0 heterocycles. The fraction of sp³-hybridized carbons (Fsp3) is 0.526. The van der Waals surface area contributed by atoms with E-state index in [-0.39, 0.29) is 12.0 Å². The van der Waals surface area contributed by atoms with Crippen LogP contribution < -0.4 is 5.32 Å². The van der Waals surface area contributed by atoms with Crippen LogP contribution >= 0.6 is 0 Å².